The summed E-state index contributed by atoms with van der Waals surface area (Å²) in [6.07, 6.45) is 2.96. The highest BCUT2D eigenvalue weighted by atomic mass is 16.5. The molecule has 14 nitrogen and oxygen atoms in total. The first-order valence-corrected chi connectivity index (χ1v) is 18.8. The summed E-state index contributed by atoms with van der Waals surface area (Å²) >= 11 is 0. The van der Waals surface area contributed by atoms with Crippen molar-refractivity contribution < 1.29 is 28.7 Å². The van der Waals surface area contributed by atoms with Gasteiger partial charge in [0.25, 0.3) is 0 Å². The highest BCUT2D eigenvalue weighted by Gasteiger charge is 2.40. The van der Waals surface area contributed by atoms with Crippen LogP contribution in [-0.4, -0.2) is 93.1 Å². The van der Waals surface area contributed by atoms with Crippen LogP contribution in [0.5, 0.6) is 0 Å². The Kier molecular flexibility index (Phi) is 10.5. The van der Waals surface area contributed by atoms with Crippen molar-refractivity contribution in [2.75, 3.05) is 27.3 Å². The van der Waals surface area contributed by atoms with Gasteiger partial charge in [-0.25, -0.2) is 19.6 Å². The number of carbonyl (C=O) groups excluding carboxylic acids is 4. The van der Waals surface area contributed by atoms with Gasteiger partial charge in [0, 0.05) is 18.7 Å². The maximum absolute atomic E-state index is 13.6. The number of H-pyrrole nitrogens is 2. The molecular formula is C41H48N8O6. The SMILES string of the molecule is COC(=O)N[C@H](C(=O)N1CCC[C@H]1c1ncc(-c2ccc3cc(-c4ccc5[nH]c([C@@H]6CCN6C(=O)[C@@H](NC(=O)OC)C(C)C)nc5c4)ccc3c2)[nH]1)C(C)C. The molecule has 4 amide bonds. The molecule has 4 atom stereocenters. The number of likely N-dealkylation sites (tertiary alicyclic amines) is 2. The fourth-order valence-electron chi connectivity index (χ4n) is 7.61. The maximum atomic E-state index is 13.6. The van der Waals surface area contributed by atoms with E-state index in [2.05, 4.69) is 69.1 Å². The Morgan fingerprint density at radius 2 is 1.27 bits per heavy atom. The molecule has 2 aromatic heterocycles. The van der Waals surface area contributed by atoms with Gasteiger partial charge in [-0.3, -0.25) is 9.59 Å². The number of imidazole rings is 2. The number of nitrogens with one attached hydrogen (secondary N) is 4. The second-order valence-electron chi connectivity index (χ2n) is 15.1. The molecule has 3 aromatic carbocycles. The van der Waals surface area contributed by atoms with Gasteiger partial charge in [-0.15, -0.1) is 0 Å². The number of aromatic nitrogens is 4. The van der Waals surface area contributed by atoms with Gasteiger partial charge in [0.1, 0.15) is 23.7 Å². The van der Waals surface area contributed by atoms with E-state index in [-0.39, 0.29) is 35.7 Å². The first-order chi connectivity index (χ1) is 26.4. The number of carbonyl (C=O) groups is 4. The summed E-state index contributed by atoms with van der Waals surface area (Å²) in [5.74, 6) is 0.945. The van der Waals surface area contributed by atoms with Gasteiger partial charge in [-0.05, 0) is 77.3 Å². The van der Waals surface area contributed by atoms with E-state index in [1.807, 2.05) is 44.9 Å². The van der Waals surface area contributed by atoms with Crippen LogP contribution in [0.25, 0.3) is 44.2 Å². The predicted molar refractivity (Wildman–Crippen MR) is 208 cm³/mol. The van der Waals surface area contributed by atoms with Gasteiger partial charge >= 0.3 is 12.2 Å². The number of hydrogen-bond donors (Lipinski definition) is 4. The van der Waals surface area contributed by atoms with Gasteiger partial charge < -0.3 is 39.9 Å². The van der Waals surface area contributed by atoms with Crippen molar-refractivity contribution in [2.45, 2.75) is 71.1 Å². The van der Waals surface area contributed by atoms with Crippen molar-refractivity contribution >= 4 is 45.8 Å². The number of rotatable bonds is 10. The van der Waals surface area contributed by atoms with Gasteiger partial charge in [0.2, 0.25) is 11.8 Å². The lowest BCUT2D eigenvalue weighted by atomic mass is 9.96. The smallest absolute Gasteiger partial charge is 0.407 e. The monoisotopic (exact) mass is 748 g/mol. The average molecular weight is 749 g/mol. The molecule has 0 saturated carbocycles. The number of alkyl carbamates (subject to hydrolysis) is 2. The Morgan fingerprint density at radius 3 is 1.87 bits per heavy atom. The zero-order valence-electron chi connectivity index (χ0n) is 32.0. The highest BCUT2D eigenvalue weighted by Crippen LogP contribution is 2.36. The third kappa shape index (κ3) is 7.45. The van der Waals surface area contributed by atoms with Gasteiger partial charge in [-0.1, -0.05) is 58.0 Å². The number of methoxy groups -OCH3 is 2. The molecule has 2 aliphatic rings. The quantitative estimate of drug-likeness (QED) is 0.126. The molecule has 0 radical (unpaired) electrons. The fourth-order valence-corrected chi connectivity index (χ4v) is 7.61. The number of aromatic amines is 2. The number of benzene rings is 3. The summed E-state index contributed by atoms with van der Waals surface area (Å²) in [5.41, 5.74) is 5.62. The van der Waals surface area contributed by atoms with E-state index in [0.717, 1.165) is 75.1 Å². The Hall–Kier alpha value is -5.92. The third-order valence-corrected chi connectivity index (χ3v) is 10.8. The number of fused-ring (bicyclic) bond motifs is 2. The molecule has 55 heavy (non-hydrogen) atoms. The van der Waals surface area contributed by atoms with Gasteiger partial charge in [0.15, 0.2) is 0 Å². The molecule has 0 unspecified atom stereocenters. The van der Waals surface area contributed by atoms with E-state index >= 15 is 0 Å². The molecule has 0 spiro atoms. The summed E-state index contributed by atoms with van der Waals surface area (Å²) < 4.78 is 9.50. The zero-order valence-corrected chi connectivity index (χ0v) is 32.0. The topological polar surface area (TPSA) is 175 Å². The van der Waals surface area contributed by atoms with Crippen molar-refractivity contribution in [1.82, 2.24) is 40.4 Å². The Balaban J connectivity index is 1.06. The molecule has 14 heteroatoms. The number of nitrogens with zero attached hydrogens (tertiary/aromatic N) is 4. The second-order valence-corrected chi connectivity index (χ2v) is 15.1. The summed E-state index contributed by atoms with van der Waals surface area (Å²) in [7, 11) is 2.58. The molecule has 5 aromatic rings. The van der Waals surface area contributed by atoms with Crippen LogP contribution in [-0.2, 0) is 19.1 Å². The van der Waals surface area contributed by atoms with Crippen LogP contribution in [0.1, 0.15) is 70.7 Å². The predicted octanol–water partition coefficient (Wildman–Crippen LogP) is 6.47. The van der Waals surface area contributed by atoms with Crippen LogP contribution >= 0.6 is 0 Å². The number of hydrogen-bond acceptors (Lipinski definition) is 8. The van der Waals surface area contributed by atoms with Crippen molar-refractivity contribution in [3.8, 4) is 22.4 Å². The van der Waals surface area contributed by atoms with Crippen LogP contribution < -0.4 is 10.6 Å². The van der Waals surface area contributed by atoms with Crippen LogP contribution in [0.2, 0.25) is 0 Å². The Labute approximate surface area is 319 Å². The van der Waals surface area contributed by atoms with E-state index in [0.29, 0.717) is 13.1 Å². The minimum atomic E-state index is -0.691. The van der Waals surface area contributed by atoms with E-state index in [1.54, 1.807) is 4.90 Å². The van der Waals surface area contributed by atoms with Crippen molar-refractivity contribution in [3.63, 3.8) is 0 Å². The lowest BCUT2D eigenvalue weighted by Crippen LogP contribution is -2.56. The number of ether oxygens (including phenoxy) is 2. The largest absolute Gasteiger partial charge is 0.453 e. The van der Waals surface area contributed by atoms with E-state index in [1.165, 1.54) is 14.2 Å². The molecule has 4 N–H and O–H groups in total. The van der Waals surface area contributed by atoms with E-state index in [4.69, 9.17) is 19.4 Å². The van der Waals surface area contributed by atoms with Crippen LogP contribution in [0.4, 0.5) is 9.59 Å². The number of amides is 4. The summed E-state index contributed by atoms with van der Waals surface area (Å²) in [6, 6.07) is 17.0. The Morgan fingerprint density at radius 1 is 0.709 bits per heavy atom. The first-order valence-electron chi connectivity index (χ1n) is 18.8. The van der Waals surface area contributed by atoms with Gasteiger partial charge in [0.05, 0.1) is 49.2 Å². The molecule has 2 fully saturated rings. The molecule has 4 heterocycles. The molecule has 2 saturated heterocycles. The normalized spacial score (nSPS) is 18.0. The second kappa shape index (κ2) is 15.4. The molecule has 288 valence electrons. The minimum Gasteiger partial charge on any atom is -0.453 e. The lowest BCUT2D eigenvalue weighted by Gasteiger charge is -2.42. The van der Waals surface area contributed by atoms with Crippen LogP contribution in [0.15, 0.2) is 60.8 Å². The van der Waals surface area contributed by atoms with E-state index in [9.17, 15) is 19.2 Å². The molecular weight excluding hydrogens is 701 g/mol. The van der Waals surface area contributed by atoms with Crippen LogP contribution in [0.3, 0.4) is 0 Å². The Bertz CT molecular complexity index is 2240. The highest BCUT2D eigenvalue weighted by molar-refractivity contribution is 5.92. The van der Waals surface area contributed by atoms with Crippen molar-refractivity contribution in [1.29, 1.82) is 0 Å². The lowest BCUT2D eigenvalue weighted by molar-refractivity contribution is -0.142. The molecule has 2 aliphatic heterocycles. The van der Waals surface area contributed by atoms with Crippen molar-refractivity contribution in [3.05, 3.63) is 72.4 Å². The van der Waals surface area contributed by atoms with Gasteiger partial charge in [-0.2, -0.15) is 0 Å². The third-order valence-electron chi connectivity index (χ3n) is 10.8. The maximum Gasteiger partial charge on any atom is 0.407 e. The van der Waals surface area contributed by atoms with Crippen molar-refractivity contribution in [2.24, 2.45) is 11.8 Å². The van der Waals surface area contributed by atoms with E-state index < -0.39 is 24.3 Å². The fraction of sp³-hybridized carbons (Fsp3) is 0.415. The zero-order chi connectivity index (χ0) is 39.0. The molecule has 0 bridgehead atoms. The molecule has 0 aliphatic carbocycles. The summed E-state index contributed by atoms with van der Waals surface area (Å²) in [6.45, 7) is 8.77. The summed E-state index contributed by atoms with van der Waals surface area (Å²) in [4.78, 5) is 70.9. The first kappa shape index (κ1) is 37.4. The minimum absolute atomic E-state index is 0.104. The summed E-state index contributed by atoms with van der Waals surface area (Å²) in [5, 5.41) is 7.53. The standard InChI is InChI=1S/C41H48N8O6/c1-22(2)34(46-40(52)54-5)38(50)48-16-7-8-32(48)36-42-21-31(45-36)28-12-11-24-18-25(9-10-26(24)19-28)27-13-14-29-30(20-27)44-37(43-29)33-15-17-49(33)39(51)35(23(3)4)47-41(53)55-6/h9-14,18-23,32-35H,7-8,15-17H2,1-6H3,(H,42,45)(H,43,44)(H,46,52)(H,47,53)/t32-,33-,34-,35-/m0/s1. The average Bonchev–Trinajstić information content (AvgIpc) is 3.94. The molecule has 7 rings (SSSR count). The van der Waals surface area contributed by atoms with Crippen LogP contribution in [0, 0.1) is 11.8 Å².